The van der Waals surface area contributed by atoms with E-state index in [1.807, 2.05) is 32.0 Å². The molecule has 1 amide bonds. The van der Waals surface area contributed by atoms with Gasteiger partial charge < -0.3 is 19.3 Å². The molecule has 29 heavy (non-hydrogen) atoms. The van der Waals surface area contributed by atoms with Gasteiger partial charge in [-0.05, 0) is 44.0 Å². The molecule has 0 aliphatic carbocycles. The lowest BCUT2D eigenvalue weighted by Gasteiger charge is -2.13. The molecule has 0 unspecified atom stereocenters. The summed E-state index contributed by atoms with van der Waals surface area (Å²) < 4.78 is 40.6. The van der Waals surface area contributed by atoms with E-state index in [2.05, 4.69) is 15.2 Å². The molecular weight excluding hydrogens is 382 g/mol. The number of anilines is 1. The number of amides is 1. The number of ether oxygens (including phenoxy) is 2. The van der Waals surface area contributed by atoms with Crippen molar-refractivity contribution in [1.82, 2.24) is 5.16 Å². The fourth-order valence-corrected chi connectivity index (χ4v) is 2.86. The number of nitrogens with one attached hydrogen (secondary N) is 1. The Morgan fingerprint density at radius 1 is 1.10 bits per heavy atom. The van der Waals surface area contributed by atoms with Crippen LogP contribution in [0.25, 0.3) is 0 Å². The predicted molar refractivity (Wildman–Crippen MR) is 103 cm³/mol. The van der Waals surface area contributed by atoms with Crippen LogP contribution in [0, 0.1) is 20.8 Å². The number of halogens is 2. The number of hydrogen-bond acceptors (Lipinski definition) is 5. The van der Waals surface area contributed by atoms with Gasteiger partial charge in [-0.2, -0.15) is 8.78 Å². The summed E-state index contributed by atoms with van der Waals surface area (Å²) in [4.78, 5) is 12.7. The largest absolute Gasteiger partial charge is 0.488 e. The predicted octanol–water partition coefficient (Wildman–Crippen LogP) is 5.03. The van der Waals surface area contributed by atoms with Crippen molar-refractivity contribution in [2.45, 2.75) is 34.0 Å². The van der Waals surface area contributed by atoms with Crippen LogP contribution in [0.5, 0.6) is 11.5 Å². The van der Waals surface area contributed by atoms with Gasteiger partial charge in [0.05, 0.1) is 11.3 Å². The van der Waals surface area contributed by atoms with Crippen molar-refractivity contribution >= 4 is 11.6 Å². The first kappa shape index (κ1) is 20.3. The molecule has 0 saturated carbocycles. The lowest BCUT2D eigenvalue weighted by atomic mass is 10.1. The third-order valence-corrected chi connectivity index (χ3v) is 4.32. The summed E-state index contributed by atoms with van der Waals surface area (Å²) in [6.45, 7) is 2.58. The molecule has 0 bridgehead atoms. The maximum atomic E-state index is 12.7. The number of hydrogen-bond donors (Lipinski definition) is 1. The number of rotatable bonds is 7. The van der Waals surface area contributed by atoms with Crippen LogP contribution in [0.2, 0.25) is 0 Å². The van der Waals surface area contributed by atoms with Crippen LogP contribution in [0.3, 0.4) is 0 Å². The standard InChI is InChI=1S/C21H20F2N2O4/c1-12-7-6-8-13(2)19(12)27-11-15-14(3)29-25-18(15)20(26)24-16-9-4-5-10-17(16)28-21(22)23/h4-10,21H,11H2,1-3H3,(H,24,26). The Morgan fingerprint density at radius 2 is 1.79 bits per heavy atom. The van der Waals surface area contributed by atoms with Crippen LogP contribution in [0.1, 0.15) is 32.9 Å². The Labute approximate surface area is 166 Å². The second kappa shape index (κ2) is 8.72. The molecule has 8 heteroatoms. The molecule has 0 saturated heterocycles. The smallest absolute Gasteiger partial charge is 0.387 e. The van der Waals surface area contributed by atoms with Gasteiger partial charge in [-0.25, -0.2) is 0 Å². The van der Waals surface area contributed by atoms with E-state index >= 15 is 0 Å². The number of para-hydroxylation sites is 3. The number of nitrogens with zero attached hydrogens (tertiary/aromatic N) is 1. The first-order valence-corrected chi connectivity index (χ1v) is 8.86. The topological polar surface area (TPSA) is 73.6 Å². The maximum Gasteiger partial charge on any atom is 0.387 e. The van der Waals surface area contributed by atoms with Crippen LogP contribution < -0.4 is 14.8 Å². The first-order chi connectivity index (χ1) is 13.9. The second-order valence-electron chi connectivity index (χ2n) is 6.40. The highest BCUT2D eigenvalue weighted by atomic mass is 19.3. The van der Waals surface area contributed by atoms with Crippen LogP contribution in [-0.2, 0) is 6.61 Å². The van der Waals surface area contributed by atoms with Crippen molar-refractivity contribution in [1.29, 1.82) is 0 Å². The molecule has 0 aliphatic heterocycles. The molecule has 2 aromatic carbocycles. The lowest BCUT2D eigenvalue weighted by Crippen LogP contribution is -2.16. The van der Waals surface area contributed by atoms with E-state index in [-0.39, 0.29) is 23.7 Å². The summed E-state index contributed by atoms with van der Waals surface area (Å²) >= 11 is 0. The molecule has 0 aliphatic rings. The van der Waals surface area contributed by atoms with Gasteiger partial charge in [0.2, 0.25) is 0 Å². The van der Waals surface area contributed by atoms with Crippen molar-refractivity contribution < 1.29 is 27.6 Å². The molecular formula is C21H20F2N2O4. The van der Waals surface area contributed by atoms with E-state index in [1.165, 1.54) is 18.2 Å². The van der Waals surface area contributed by atoms with Crippen molar-refractivity contribution in [2.75, 3.05) is 5.32 Å². The molecule has 6 nitrogen and oxygen atoms in total. The van der Waals surface area contributed by atoms with E-state index in [0.717, 1.165) is 16.9 Å². The summed E-state index contributed by atoms with van der Waals surface area (Å²) in [5, 5.41) is 6.34. The number of alkyl halides is 2. The van der Waals surface area contributed by atoms with Crippen molar-refractivity contribution in [3.63, 3.8) is 0 Å². The Balaban J connectivity index is 1.80. The number of aryl methyl sites for hydroxylation is 3. The lowest BCUT2D eigenvalue weighted by molar-refractivity contribution is -0.0493. The third kappa shape index (κ3) is 4.71. The van der Waals surface area contributed by atoms with Crippen LogP contribution in [0.4, 0.5) is 14.5 Å². The Hall–Kier alpha value is -3.42. The quantitative estimate of drug-likeness (QED) is 0.600. The van der Waals surface area contributed by atoms with Crippen molar-refractivity contribution in [3.05, 3.63) is 70.6 Å². The van der Waals surface area contributed by atoms with Gasteiger partial charge in [0.15, 0.2) is 5.69 Å². The molecule has 1 N–H and O–H groups in total. The normalized spacial score (nSPS) is 10.8. The third-order valence-electron chi connectivity index (χ3n) is 4.32. The van der Waals surface area contributed by atoms with Gasteiger partial charge in [0.1, 0.15) is 23.9 Å². The minimum Gasteiger partial charge on any atom is -0.488 e. The van der Waals surface area contributed by atoms with E-state index in [4.69, 9.17) is 9.26 Å². The fraction of sp³-hybridized carbons (Fsp3) is 0.238. The molecule has 1 aromatic heterocycles. The molecule has 3 rings (SSSR count). The summed E-state index contributed by atoms with van der Waals surface area (Å²) in [5.74, 6) is 0.380. The summed E-state index contributed by atoms with van der Waals surface area (Å²) in [6.07, 6.45) is 0. The zero-order valence-electron chi connectivity index (χ0n) is 16.2. The molecule has 1 heterocycles. The molecule has 0 radical (unpaired) electrons. The van der Waals surface area contributed by atoms with E-state index in [0.29, 0.717) is 11.3 Å². The highest BCUT2D eigenvalue weighted by molar-refractivity contribution is 6.04. The number of carbonyl (C=O) groups is 1. The molecule has 0 atom stereocenters. The Bertz CT molecular complexity index is 997. The SMILES string of the molecule is Cc1cccc(C)c1OCc1c(C(=O)Nc2ccccc2OC(F)F)noc1C. The van der Waals surface area contributed by atoms with Gasteiger partial charge in [-0.15, -0.1) is 0 Å². The van der Waals surface area contributed by atoms with Crippen molar-refractivity contribution in [3.8, 4) is 11.5 Å². The molecule has 0 spiro atoms. The van der Waals surface area contributed by atoms with Gasteiger partial charge in [-0.1, -0.05) is 35.5 Å². The van der Waals surface area contributed by atoms with Gasteiger partial charge in [0, 0.05) is 0 Å². The van der Waals surface area contributed by atoms with E-state index in [9.17, 15) is 13.6 Å². The minimum absolute atomic E-state index is 0.0144. The zero-order valence-corrected chi connectivity index (χ0v) is 16.2. The number of carbonyl (C=O) groups excluding carboxylic acids is 1. The van der Waals surface area contributed by atoms with Gasteiger partial charge in [0.25, 0.3) is 5.91 Å². The van der Waals surface area contributed by atoms with Crippen LogP contribution >= 0.6 is 0 Å². The zero-order chi connectivity index (χ0) is 21.0. The van der Waals surface area contributed by atoms with Crippen LogP contribution in [0.15, 0.2) is 47.0 Å². The molecule has 0 fully saturated rings. The van der Waals surface area contributed by atoms with E-state index < -0.39 is 12.5 Å². The average Bonchev–Trinajstić information content (AvgIpc) is 3.03. The van der Waals surface area contributed by atoms with Gasteiger partial charge in [-0.3, -0.25) is 4.79 Å². The average molecular weight is 402 g/mol. The highest BCUT2D eigenvalue weighted by Gasteiger charge is 2.22. The Kier molecular flexibility index (Phi) is 6.11. The monoisotopic (exact) mass is 402 g/mol. The summed E-state index contributed by atoms with van der Waals surface area (Å²) in [5.41, 5.74) is 2.50. The minimum atomic E-state index is -3.01. The highest BCUT2D eigenvalue weighted by Crippen LogP contribution is 2.28. The number of benzene rings is 2. The summed E-state index contributed by atoms with van der Waals surface area (Å²) in [6, 6.07) is 11.7. The second-order valence-corrected chi connectivity index (χ2v) is 6.40. The Morgan fingerprint density at radius 3 is 2.48 bits per heavy atom. The van der Waals surface area contributed by atoms with Crippen molar-refractivity contribution in [2.24, 2.45) is 0 Å². The van der Waals surface area contributed by atoms with Gasteiger partial charge >= 0.3 is 6.61 Å². The first-order valence-electron chi connectivity index (χ1n) is 8.86. The summed E-state index contributed by atoms with van der Waals surface area (Å²) in [7, 11) is 0. The fourth-order valence-electron chi connectivity index (χ4n) is 2.86. The molecule has 152 valence electrons. The maximum absolute atomic E-state index is 12.7. The number of aromatic nitrogens is 1. The molecule has 3 aromatic rings. The van der Waals surface area contributed by atoms with Crippen LogP contribution in [-0.4, -0.2) is 17.7 Å². The van der Waals surface area contributed by atoms with E-state index in [1.54, 1.807) is 13.0 Å².